The summed E-state index contributed by atoms with van der Waals surface area (Å²) in [5, 5.41) is 0.675. The summed E-state index contributed by atoms with van der Waals surface area (Å²) in [6.45, 7) is 6.91. The summed E-state index contributed by atoms with van der Waals surface area (Å²) in [6.07, 6.45) is 3.77. The van der Waals surface area contributed by atoms with Gasteiger partial charge in [-0.3, -0.25) is 14.8 Å². The van der Waals surface area contributed by atoms with Crippen molar-refractivity contribution in [2.45, 2.75) is 6.54 Å². The van der Waals surface area contributed by atoms with Crippen LogP contribution in [0.4, 0.5) is 0 Å². The third-order valence-corrected chi connectivity index (χ3v) is 4.41. The zero-order valence-corrected chi connectivity index (χ0v) is 14.0. The fourth-order valence-electron chi connectivity index (χ4n) is 2.77. The minimum absolute atomic E-state index is 0.673. The molecule has 0 spiro atoms. The number of hydrogen-bond donors (Lipinski definition) is 0. The maximum Gasteiger partial charge on any atom is 0.137 e. The highest BCUT2D eigenvalue weighted by Crippen LogP contribution is 2.22. The fourth-order valence-corrected chi connectivity index (χ4v) is 2.96. The molecule has 0 aliphatic carbocycles. The van der Waals surface area contributed by atoms with Crippen molar-refractivity contribution in [3.63, 3.8) is 0 Å². The molecule has 1 aromatic carbocycles. The molecule has 0 bridgehead atoms. The zero-order valence-electron chi connectivity index (χ0n) is 13.2. The van der Waals surface area contributed by atoms with Crippen molar-refractivity contribution in [3.8, 4) is 5.75 Å². The lowest BCUT2D eigenvalue weighted by atomic mass is 10.2. The normalized spacial score (nSPS) is 16.4. The van der Waals surface area contributed by atoms with E-state index >= 15 is 0 Å². The van der Waals surface area contributed by atoms with E-state index in [1.165, 1.54) is 5.56 Å². The SMILES string of the molecule is Clc1ccccc1OCCN1CCN(Cc2cccnc2)CC1. The lowest BCUT2D eigenvalue weighted by Crippen LogP contribution is -2.47. The van der Waals surface area contributed by atoms with Crippen molar-refractivity contribution < 1.29 is 4.74 Å². The van der Waals surface area contributed by atoms with E-state index in [1.807, 2.05) is 42.7 Å². The minimum Gasteiger partial charge on any atom is -0.491 e. The first-order valence-electron chi connectivity index (χ1n) is 8.02. The summed E-state index contributed by atoms with van der Waals surface area (Å²) in [5.41, 5.74) is 1.28. The smallest absolute Gasteiger partial charge is 0.137 e. The van der Waals surface area contributed by atoms with Gasteiger partial charge in [0.2, 0.25) is 0 Å². The van der Waals surface area contributed by atoms with Crippen LogP contribution in [0.15, 0.2) is 48.8 Å². The number of para-hydroxylation sites is 1. The molecular formula is C18H22ClN3O. The van der Waals surface area contributed by atoms with E-state index in [9.17, 15) is 0 Å². The molecule has 0 N–H and O–H groups in total. The number of piperazine rings is 1. The van der Waals surface area contributed by atoms with Gasteiger partial charge in [-0.1, -0.05) is 29.8 Å². The number of benzene rings is 1. The molecule has 0 radical (unpaired) electrons. The van der Waals surface area contributed by atoms with E-state index in [4.69, 9.17) is 16.3 Å². The van der Waals surface area contributed by atoms with Crippen molar-refractivity contribution in [2.75, 3.05) is 39.3 Å². The van der Waals surface area contributed by atoms with Crippen LogP contribution in [-0.4, -0.2) is 54.1 Å². The van der Waals surface area contributed by atoms with Gasteiger partial charge in [0, 0.05) is 51.7 Å². The van der Waals surface area contributed by atoms with Gasteiger partial charge in [0.15, 0.2) is 0 Å². The van der Waals surface area contributed by atoms with E-state index in [2.05, 4.69) is 20.9 Å². The number of nitrogens with zero attached hydrogens (tertiary/aromatic N) is 3. The van der Waals surface area contributed by atoms with Crippen molar-refractivity contribution >= 4 is 11.6 Å². The van der Waals surface area contributed by atoms with Crippen LogP contribution in [0.1, 0.15) is 5.56 Å². The van der Waals surface area contributed by atoms with Crippen LogP contribution in [0.2, 0.25) is 5.02 Å². The summed E-state index contributed by atoms with van der Waals surface area (Å²) in [4.78, 5) is 9.09. The topological polar surface area (TPSA) is 28.6 Å². The number of rotatable bonds is 6. The number of hydrogen-bond acceptors (Lipinski definition) is 4. The van der Waals surface area contributed by atoms with Gasteiger partial charge in [-0.15, -0.1) is 0 Å². The Morgan fingerprint density at radius 2 is 1.78 bits per heavy atom. The van der Waals surface area contributed by atoms with Crippen LogP contribution in [0, 0.1) is 0 Å². The van der Waals surface area contributed by atoms with Crippen molar-refractivity contribution in [1.29, 1.82) is 0 Å². The molecule has 5 heteroatoms. The van der Waals surface area contributed by atoms with Crippen LogP contribution in [0.3, 0.4) is 0 Å². The summed E-state index contributed by atoms with van der Waals surface area (Å²) in [5.74, 6) is 0.768. The summed E-state index contributed by atoms with van der Waals surface area (Å²) in [7, 11) is 0. The average molecular weight is 332 g/mol. The third-order valence-electron chi connectivity index (χ3n) is 4.10. The first kappa shape index (κ1) is 16.2. The molecule has 3 rings (SSSR count). The Labute approximate surface area is 142 Å². The lowest BCUT2D eigenvalue weighted by Gasteiger charge is -2.34. The van der Waals surface area contributed by atoms with Gasteiger partial charge in [-0.05, 0) is 23.8 Å². The monoisotopic (exact) mass is 331 g/mol. The Balaban J connectivity index is 1.37. The molecule has 0 unspecified atom stereocenters. The summed E-state index contributed by atoms with van der Waals surface area (Å²) < 4.78 is 5.77. The van der Waals surface area contributed by atoms with Gasteiger partial charge in [-0.25, -0.2) is 0 Å². The highest BCUT2D eigenvalue weighted by atomic mass is 35.5. The summed E-state index contributed by atoms with van der Waals surface area (Å²) >= 11 is 6.09. The first-order valence-corrected chi connectivity index (χ1v) is 8.40. The zero-order chi connectivity index (χ0) is 15.9. The number of pyridine rings is 1. The van der Waals surface area contributed by atoms with Crippen LogP contribution >= 0.6 is 11.6 Å². The summed E-state index contributed by atoms with van der Waals surface area (Å²) in [6, 6.07) is 11.8. The predicted octanol–water partition coefficient (Wildman–Crippen LogP) is 2.93. The van der Waals surface area contributed by atoms with Gasteiger partial charge in [-0.2, -0.15) is 0 Å². The molecule has 1 fully saturated rings. The molecule has 1 aromatic heterocycles. The molecule has 1 aliphatic heterocycles. The molecule has 2 aromatic rings. The lowest BCUT2D eigenvalue weighted by molar-refractivity contribution is 0.112. The molecule has 4 nitrogen and oxygen atoms in total. The molecule has 122 valence electrons. The Kier molecular flexibility index (Phi) is 5.86. The van der Waals surface area contributed by atoms with Crippen LogP contribution < -0.4 is 4.74 Å². The Morgan fingerprint density at radius 1 is 1.00 bits per heavy atom. The minimum atomic E-state index is 0.673. The van der Waals surface area contributed by atoms with E-state index in [-0.39, 0.29) is 0 Å². The molecule has 23 heavy (non-hydrogen) atoms. The largest absolute Gasteiger partial charge is 0.491 e. The van der Waals surface area contributed by atoms with Gasteiger partial charge < -0.3 is 4.74 Å². The van der Waals surface area contributed by atoms with Crippen LogP contribution in [0.5, 0.6) is 5.75 Å². The molecule has 0 atom stereocenters. The molecule has 0 amide bonds. The molecular weight excluding hydrogens is 310 g/mol. The van der Waals surface area contributed by atoms with Gasteiger partial charge in [0.25, 0.3) is 0 Å². The predicted molar refractivity (Wildman–Crippen MR) is 92.9 cm³/mol. The average Bonchev–Trinajstić information content (AvgIpc) is 2.59. The highest BCUT2D eigenvalue weighted by Gasteiger charge is 2.16. The standard InChI is InChI=1S/C18H22ClN3O/c19-17-5-1-2-6-18(17)23-13-12-21-8-10-22(11-9-21)15-16-4-3-7-20-14-16/h1-7,14H,8-13,15H2. The second-order valence-corrected chi connectivity index (χ2v) is 6.17. The maximum absolute atomic E-state index is 6.09. The maximum atomic E-state index is 6.09. The van der Waals surface area contributed by atoms with Gasteiger partial charge >= 0.3 is 0 Å². The van der Waals surface area contributed by atoms with E-state index in [0.29, 0.717) is 11.6 Å². The van der Waals surface area contributed by atoms with Crippen LogP contribution in [-0.2, 0) is 6.54 Å². The molecule has 2 heterocycles. The second-order valence-electron chi connectivity index (χ2n) is 5.76. The van der Waals surface area contributed by atoms with E-state index < -0.39 is 0 Å². The second kappa shape index (κ2) is 8.29. The number of aromatic nitrogens is 1. The van der Waals surface area contributed by atoms with Crippen molar-refractivity contribution in [1.82, 2.24) is 14.8 Å². The van der Waals surface area contributed by atoms with Gasteiger partial charge in [0.05, 0.1) is 5.02 Å². The van der Waals surface area contributed by atoms with Crippen LogP contribution in [0.25, 0.3) is 0 Å². The Morgan fingerprint density at radius 3 is 2.52 bits per heavy atom. The number of ether oxygens (including phenoxy) is 1. The van der Waals surface area contributed by atoms with Crippen molar-refractivity contribution in [2.24, 2.45) is 0 Å². The van der Waals surface area contributed by atoms with E-state index in [0.717, 1.165) is 45.0 Å². The molecule has 1 aliphatic rings. The quantitative estimate of drug-likeness (QED) is 0.813. The van der Waals surface area contributed by atoms with Crippen molar-refractivity contribution in [3.05, 3.63) is 59.4 Å². The van der Waals surface area contributed by atoms with Gasteiger partial charge in [0.1, 0.15) is 12.4 Å². The van der Waals surface area contributed by atoms with E-state index in [1.54, 1.807) is 0 Å². The molecule has 1 saturated heterocycles. The first-order chi connectivity index (χ1) is 11.3. The number of halogens is 1. The third kappa shape index (κ3) is 4.93. The molecule has 0 saturated carbocycles. The fraction of sp³-hybridized carbons (Fsp3) is 0.389. The Bertz CT molecular complexity index is 600. The Hall–Kier alpha value is -1.62. The highest BCUT2D eigenvalue weighted by molar-refractivity contribution is 6.32.